The average molecular weight is 424 g/mol. The summed E-state index contributed by atoms with van der Waals surface area (Å²) < 4.78 is 28.5. The molecule has 0 bridgehead atoms. The standard InChI is InChI=1S/C25H26F2N2O2/c1-14-5-7-19(17(4)10-14)22-23(28-12-15(2)9-16(3)13-28)25(31)29(24(22)30)21-11-18(26)6-8-20(21)27/h5-8,10-11,15-16H,9,12-13H2,1-4H3. The number of likely N-dealkylation sites (tertiary alicyclic amines) is 1. The largest absolute Gasteiger partial charge is 0.366 e. The Kier molecular flexibility index (Phi) is 5.42. The monoisotopic (exact) mass is 424 g/mol. The van der Waals surface area contributed by atoms with E-state index in [1.807, 2.05) is 36.9 Å². The minimum Gasteiger partial charge on any atom is -0.366 e. The zero-order valence-corrected chi connectivity index (χ0v) is 18.2. The van der Waals surface area contributed by atoms with E-state index in [0.29, 0.717) is 30.5 Å². The number of aryl methyl sites for hydroxylation is 2. The van der Waals surface area contributed by atoms with Gasteiger partial charge < -0.3 is 4.90 Å². The number of nitrogens with zero attached hydrogens (tertiary/aromatic N) is 2. The van der Waals surface area contributed by atoms with Crippen molar-refractivity contribution in [1.82, 2.24) is 4.90 Å². The highest BCUT2D eigenvalue weighted by atomic mass is 19.1. The number of carbonyl (C=O) groups excluding carboxylic acids is 2. The van der Waals surface area contributed by atoms with Crippen molar-refractivity contribution in [3.63, 3.8) is 0 Å². The summed E-state index contributed by atoms with van der Waals surface area (Å²) in [5, 5.41) is 0. The van der Waals surface area contributed by atoms with Gasteiger partial charge in [0.15, 0.2) is 0 Å². The molecule has 2 amide bonds. The summed E-state index contributed by atoms with van der Waals surface area (Å²) in [7, 11) is 0. The average Bonchev–Trinajstić information content (AvgIpc) is 2.93. The van der Waals surface area contributed by atoms with Crippen LogP contribution in [0.1, 0.15) is 37.0 Å². The fourth-order valence-corrected chi connectivity index (χ4v) is 4.87. The van der Waals surface area contributed by atoms with Crippen molar-refractivity contribution in [2.24, 2.45) is 11.8 Å². The Balaban J connectivity index is 1.90. The fraction of sp³-hybridized carbons (Fsp3) is 0.360. The van der Waals surface area contributed by atoms with Crippen molar-refractivity contribution in [2.45, 2.75) is 34.1 Å². The molecule has 0 saturated carbocycles. The van der Waals surface area contributed by atoms with E-state index >= 15 is 0 Å². The topological polar surface area (TPSA) is 40.6 Å². The Morgan fingerprint density at radius 1 is 0.903 bits per heavy atom. The molecule has 2 aliphatic heterocycles. The van der Waals surface area contributed by atoms with Gasteiger partial charge in [0.2, 0.25) is 0 Å². The number of halogens is 2. The first-order valence-electron chi connectivity index (χ1n) is 10.6. The Morgan fingerprint density at radius 3 is 2.23 bits per heavy atom. The van der Waals surface area contributed by atoms with Crippen LogP contribution in [0.4, 0.5) is 14.5 Å². The lowest BCUT2D eigenvalue weighted by molar-refractivity contribution is -0.121. The number of piperidine rings is 1. The minimum atomic E-state index is -0.815. The van der Waals surface area contributed by atoms with E-state index in [9.17, 15) is 18.4 Å². The van der Waals surface area contributed by atoms with Gasteiger partial charge in [0.1, 0.15) is 17.3 Å². The lowest BCUT2D eigenvalue weighted by Crippen LogP contribution is -2.42. The van der Waals surface area contributed by atoms with Crippen LogP contribution in [0.5, 0.6) is 0 Å². The van der Waals surface area contributed by atoms with Gasteiger partial charge in [-0.15, -0.1) is 0 Å². The molecule has 0 aromatic heterocycles. The SMILES string of the molecule is Cc1ccc(C2=C(N3CC(C)CC(C)C3)C(=O)N(c3cc(F)ccc3F)C2=O)c(C)c1. The molecule has 1 saturated heterocycles. The zero-order valence-electron chi connectivity index (χ0n) is 18.2. The predicted molar refractivity (Wildman–Crippen MR) is 116 cm³/mol. The maximum atomic E-state index is 14.6. The Bertz CT molecular complexity index is 1100. The fourth-order valence-electron chi connectivity index (χ4n) is 4.87. The van der Waals surface area contributed by atoms with Crippen LogP contribution in [0, 0.1) is 37.3 Å². The molecule has 6 heteroatoms. The van der Waals surface area contributed by atoms with Crippen molar-refractivity contribution in [2.75, 3.05) is 18.0 Å². The molecule has 2 aromatic carbocycles. The second-order valence-electron chi connectivity index (χ2n) is 8.93. The molecule has 4 rings (SSSR count). The molecule has 162 valence electrons. The summed E-state index contributed by atoms with van der Waals surface area (Å²) in [4.78, 5) is 29.9. The first-order valence-corrected chi connectivity index (χ1v) is 10.6. The number of imide groups is 1. The Hall–Kier alpha value is -3.02. The van der Waals surface area contributed by atoms with Gasteiger partial charge in [-0.25, -0.2) is 13.7 Å². The third-order valence-corrected chi connectivity index (χ3v) is 6.04. The smallest absolute Gasteiger partial charge is 0.282 e. The maximum absolute atomic E-state index is 14.6. The van der Waals surface area contributed by atoms with Crippen molar-refractivity contribution in [3.8, 4) is 0 Å². The highest BCUT2D eigenvalue weighted by Gasteiger charge is 2.45. The molecule has 0 spiro atoms. The molecule has 0 aliphatic carbocycles. The van der Waals surface area contributed by atoms with Crippen LogP contribution in [0.25, 0.3) is 5.57 Å². The Morgan fingerprint density at radius 2 is 1.58 bits per heavy atom. The highest BCUT2D eigenvalue weighted by Crippen LogP contribution is 2.39. The molecule has 1 fully saturated rings. The first-order chi connectivity index (χ1) is 14.7. The van der Waals surface area contributed by atoms with Crippen LogP contribution < -0.4 is 4.90 Å². The van der Waals surface area contributed by atoms with Crippen LogP contribution in [0.2, 0.25) is 0 Å². The van der Waals surface area contributed by atoms with Crippen molar-refractivity contribution in [3.05, 3.63) is 70.4 Å². The quantitative estimate of drug-likeness (QED) is 0.662. The van der Waals surface area contributed by atoms with Gasteiger partial charge in [-0.3, -0.25) is 9.59 Å². The normalized spacial score (nSPS) is 22.0. The molecule has 2 aliphatic rings. The number of hydrogen-bond acceptors (Lipinski definition) is 3. The number of hydrogen-bond donors (Lipinski definition) is 0. The van der Waals surface area contributed by atoms with E-state index in [1.165, 1.54) is 0 Å². The van der Waals surface area contributed by atoms with E-state index in [0.717, 1.165) is 40.6 Å². The van der Waals surface area contributed by atoms with Crippen LogP contribution >= 0.6 is 0 Å². The minimum absolute atomic E-state index is 0.257. The van der Waals surface area contributed by atoms with Gasteiger partial charge in [-0.2, -0.15) is 0 Å². The van der Waals surface area contributed by atoms with Gasteiger partial charge in [-0.1, -0.05) is 37.6 Å². The van der Waals surface area contributed by atoms with Crippen molar-refractivity contribution in [1.29, 1.82) is 0 Å². The van der Waals surface area contributed by atoms with Crippen LogP contribution in [-0.4, -0.2) is 29.8 Å². The molecule has 2 unspecified atom stereocenters. The molecule has 4 nitrogen and oxygen atoms in total. The number of benzene rings is 2. The molecule has 2 atom stereocenters. The molecule has 31 heavy (non-hydrogen) atoms. The molecular weight excluding hydrogens is 398 g/mol. The lowest BCUT2D eigenvalue weighted by Gasteiger charge is -2.37. The third kappa shape index (κ3) is 3.75. The van der Waals surface area contributed by atoms with E-state index in [2.05, 4.69) is 13.8 Å². The second-order valence-corrected chi connectivity index (χ2v) is 8.93. The number of rotatable bonds is 3. The van der Waals surface area contributed by atoms with E-state index in [4.69, 9.17) is 0 Å². The molecule has 2 heterocycles. The summed E-state index contributed by atoms with van der Waals surface area (Å²) in [5.74, 6) is -2.06. The van der Waals surface area contributed by atoms with Crippen molar-refractivity contribution >= 4 is 23.1 Å². The molecule has 0 radical (unpaired) electrons. The van der Waals surface area contributed by atoms with Crippen LogP contribution in [0.15, 0.2) is 42.1 Å². The Labute approximate surface area is 181 Å². The van der Waals surface area contributed by atoms with E-state index in [-0.39, 0.29) is 17.0 Å². The van der Waals surface area contributed by atoms with Gasteiger partial charge in [0.25, 0.3) is 11.8 Å². The van der Waals surface area contributed by atoms with Crippen LogP contribution in [0.3, 0.4) is 0 Å². The maximum Gasteiger partial charge on any atom is 0.282 e. The summed E-state index contributed by atoms with van der Waals surface area (Å²) in [6, 6.07) is 8.47. The van der Waals surface area contributed by atoms with Crippen LogP contribution in [-0.2, 0) is 9.59 Å². The number of carbonyl (C=O) groups is 2. The number of anilines is 1. The molecule has 2 aromatic rings. The molecular formula is C25H26F2N2O2. The summed E-state index contributed by atoms with van der Waals surface area (Å²) in [6.45, 7) is 9.34. The summed E-state index contributed by atoms with van der Waals surface area (Å²) in [5.41, 5.74) is 2.71. The summed E-state index contributed by atoms with van der Waals surface area (Å²) in [6.07, 6.45) is 1.03. The zero-order chi connectivity index (χ0) is 22.4. The van der Waals surface area contributed by atoms with Crippen molar-refractivity contribution < 1.29 is 18.4 Å². The summed E-state index contributed by atoms with van der Waals surface area (Å²) >= 11 is 0. The molecule has 0 N–H and O–H groups in total. The van der Waals surface area contributed by atoms with E-state index < -0.39 is 23.4 Å². The predicted octanol–water partition coefficient (Wildman–Crippen LogP) is 4.84. The second kappa shape index (κ2) is 7.91. The third-order valence-electron chi connectivity index (χ3n) is 6.04. The van der Waals surface area contributed by atoms with Gasteiger partial charge >= 0.3 is 0 Å². The van der Waals surface area contributed by atoms with Gasteiger partial charge in [0, 0.05) is 19.2 Å². The number of amides is 2. The lowest BCUT2D eigenvalue weighted by atomic mass is 9.90. The first kappa shape index (κ1) is 21.2. The van der Waals surface area contributed by atoms with E-state index in [1.54, 1.807) is 0 Å². The van der Waals surface area contributed by atoms with Gasteiger partial charge in [0.05, 0.1) is 11.3 Å². The highest BCUT2D eigenvalue weighted by molar-refractivity contribution is 6.45. The van der Waals surface area contributed by atoms with Gasteiger partial charge in [-0.05, 0) is 55.4 Å².